The second-order valence-electron chi connectivity index (χ2n) is 2.82. The molecule has 1 N–H and O–H groups in total. The van der Waals surface area contributed by atoms with Gasteiger partial charge in [0.15, 0.2) is 0 Å². The molecule has 0 unspecified atom stereocenters. The molecule has 15 heavy (non-hydrogen) atoms. The highest BCUT2D eigenvalue weighted by Gasteiger charge is 1.98. The van der Waals surface area contributed by atoms with Crippen LogP contribution in [0.15, 0.2) is 41.2 Å². The molecule has 3 nitrogen and oxygen atoms in total. The lowest BCUT2D eigenvalue weighted by Crippen LogP contribution is -2.05. The molecule has 1 aromatic heterocycles. The third-order valence-corrected chi connectivity index (χ3v) is 2.03. The number of aromatic amines is 1. The van der Waals surface area contributed by atoms with E-state index >= 15 is 0 Å². The Hall–Kier alpha value is -1.13. The van der Waals surface area contributed by atoms with Gasteiger partial charge in [-0.25, -0.2) is 5.10 Å². The summed E-state index contributed by atoms with van der Waals surface area (Å²) < 4.78 is 0. The Labute approximate surface area is 102 Å². The number of aromatic nitrogens is 2. The summed E-state index contributed by atoms with van der Waals surface area (Å²) in [6, 6.07) is 10.4. The first-order valence-electron chi connectivity index (χ1n) is 4.07. The Morgan fingerprint density at radius 1 is 1.20 bits per heavy atom. The van der Waals surface area contributed by atoms with Crippen molar-refractivity contribution in [3.8, 4) is 11.3 Å². The van der Waals surface area contributed by atoms with E-state index in [4.69, 9.17) is 11.6 Å². The zero-order chi connectivity index (χ0) is 9.97. The van der Waals surface area contributed by atoms with E-state index in [1.54, 1.807) is 18.2 Å². The van der Waals surface area contributed by atoms with Crippen molar-refractivity contribution in [3.63, 3.8) is 0 Å². The molecule has 0 saturated carbocycles. The fraction of sp³-hybridized carbons (Fsp3) is 0. The number of benzene rings is 1. The molecule has 2 aromatic rings. The van der Waals surface area contributed by atoms with Crippen molar-refractivity contribution in [2.45, 2.75) is 0 Å². The van der Waals surface area contributed by atoms with E-state index in [2.05, 4.69) is 10.2 Å². The molecule has 0 fully saturated rings. The molecule has 0 radical (unpaired) electrons. The summed E-state index contributed by atoms with van der Waals surface area (Å²) in [5.74, 6) is 0. The van der Waals surface area contributed by atoms with E-state index in [-0.39, 0.29) is 22.5 Å². The van der Waals surface area contributed by atoms with E-state index in [0.29, 0.717) is 10.7 Å². The standard InChI is InChI=1S/C10H7ClN2O.BrH/c11-8-3-1-2-7(6-8)9-4-5-10(14)13-12-9;/h1-6H,(H,13,14);1H. The number of rotatable bonds is 1. The quantitative estimate of drug-likeness (QED) is 0.876. The predicted octanol–water partition coefficient (Wildman–Crippen LogP) is 2.67. The fourth-order valence-electron chi connectivity index (χ4n) is 1.15. The second kappa shape index (κ2) is 5.09. The number of H-pyrrole nitrogens is 1. The molecular formula is C10H8BrClN2O. The highest BCUT2D eigenvalue weighted by atomic mass is 79.9. The number of hydrogen-bond donors (Lipinski definition) is 1. The number of nitrogens with zero attached hydrogens (tertiary/aromatic N) is 1. The molecule has 1 heterocycles. The van der Waals surface area contributed by atoms with Crippen LogP contribution < -0.4 is 5.56 Å². The highest BCUT2D eigenvalue weighted by molar-refractivity contribution is 8.93. The van der Waals surface area contributed by atoms with Gasteiger partial charge in [0.1, 0.15) is 0 Å². The molecule has 2 rings (SSSR count). The van der Waals surface area contributed by atoms with Gasteiger partial charge in [0.05, 0.1) is 5.69 Å². The molecule has 0 amide bonds. The summed E-state index contributed by atoms with van der Waals surface area (Å²) in [4.78, 5) is 10.8. The lowest BCUT2D eigenvalue weighted by molar-refractivity contribution is 0.995. The molecule has 0 aliphatic rings. The first-order valence-corrected chi connectivity index (χ1v) is 4.45. The average Bonchev–Trinajstić information content (AvgIpc) is 2.19. The van der Waals surface area contributed by atoms with E-state index in [0.717, 1.165) is 5.56 Å². The summed E-state index contributed by atoms with van der Waals surface area (Å²) in [5, 5.41) is 6.91. The van der Waals surface area contributed by atoms with Crippen molar-refractivity contribution in [2.75, 3.05) is 0 Å². The van der Waals surface area contributed by atoms with Gasteiger partial charge in [0.25, 0.3) is 5.56 Å². The van der Waals surface area contributed by atoms with E-state index in [1.165, 1.54) is 6.07 Å². The van der Waals surface area contributed by atoms with Crippen LogP contribution in [0, 0.1) is 0 Å². The zero-order valence-electron chi connectivity index (χ0n) is 7.61. The van der Waals surface area contributed by atoms with Gasteiger partial charge in [-0.15, -0.1) is 17.0 Å². The molecule has 1 aromatic carbocycles. The van der Waals surface area contributed by atoms with E-state index in [1.807, 2.05) is 12.1 Å². The van der Waals surface area contributed by atoms with Crippen LogP contribution >= 0.6 is 28.6 Å². The monoisotopic (exact) mass is 286 g/mol. The van der Waals surface area contributed by atoms with Crippen molar-refractivity contribution in [1.29, 1.82) is 0 Å². The highest BCUT2D eigenvalue weighted by Crippen LogP contribution is 2.19. The van der Waals surface area contributed by atoms with Crippen LogP contribution in [0.25, 0.3) is 11.3 Å². The van der Waals surface area contributed by atoms with Crippen molar-refractivity contribution >= 4 is 28.6 Å². The van der Waals surface area contributed by atoms with Crippen LogP contribution in [0.1, 0.15) is 0 Å². The van der Waals surface area contributed by atoms with Crippen molar-refractivity contribution < 1.29 is 0 Å². The minimum absolute atomic E-state index is 0. The second-order valence-corrected chi connectivity index (χ2v) is 3.25. The maximum atomic E-state index is 10.8. The van der Waals surface area contributed by atoms with Crippen LogP contribution in [-0.2, 0) is 0 Å². The third-order valence-electron chi connectivity index (χ3n) is 1.80. The minimum atomic E-state index is -0.212. The van der Waals surface area contributed by atoms with Crippen molar-refractivity contribution in [2.24, 2.45) is 0 Å². The van der Waals surface area contributed by atoms with Gasteiger partial charge in [-0.2, -0.15) is 5.10 Å². The number of nitrogens with one attached hydrogen (secondary N) is 1. The summed E-state index contributed by atoms with van der Waals surface area (Å²) >= 11 is 5.83. The van der Waals surface area contributed by atoms with Crippen molar-refractivity contribution in [3.05, 3.63) is 51.8 Å². The van der Waals surface area contributed by atoms with E-state index < -0.39 is 0 Å². The Bertz CT molecular complexity index is 492. The summed E-state index contributed by atoms with van der Waals surface area (Å²) in [5.41, 5.74) is 1.37. The van der Waals surface area contributed by atoms with Gasteiger partial charge in [0, 0.05) is 16.7 Å². The predicted molar refractivity (Wildman–Crippen MR) is 65.6 cm³/mol. The van der Waals surface area contributed by atoms with E-state index in [9.17, 15) is 4.79 Å². The fourth-order valence-corrected chi connectivity index (χ4v) is 1.34. The first kappa shape index (κ1) is 11.9. The summed E-state index contributed by atoms with van der Waals surface area (Å²) in [7, 11) is 0. The molecular weight excluding hydrogens is 279 g/mol. The Kier molecular flexibility index (Phi) is 4.05. The van der Waals surface area contributed by atoms with Gasteiger partial charge in [0.2, 0.25) is 0 Å². The van der Waals surface area contributed by atoms with Gasteiger partial charge in [-0.05, 0) is 18.2 Å². The van der Waals surface area contributed by atoms with Crippen LogP contribution in [0.4, 0.5) is 0 Å². The van der Waals surface area contributed by atoms with Crippen LogP contribution in [0.3, 0.4) is 0 Å². The van der Waals surface area contributed by atoms with Crippen molar-refractivity contribution in [1.82, 2.24) is 10.2 Å². The lowest BCUT2D eigenvalue weighted by Gasteiger charge is -1.98. The SMILES string of the molecule is Br.O=c1ccc(-c2cccc(Cl)c2)n[nH]1. The van der Waals surface area contributed by atoms with Gasteiger partial charge >= 0.3 is 0 Å². The molecule has 0 spiro atoms. The number of halogens is 2. The molecule has 5 heteroatoms. The maximum absolute atomic E-state index is 10.8. The summed E-state index contributed by atoms with van der Waals surface area (Å²) in [6.07, 6.45) is 0. The zero-order valence-corrected chi connectivity index (χ0v) is 10.1. The Morgan fingerprint density at radius 2 is 2.00 bits per heavy atom. The number of hydrogen-bond acceptors (Lipinski definition) is 2. The smallest absolute Gasteiger partial charge is 0.264 e. The molecule has 0 bridgehead atoms. The Morgan fingerprint density at radius 3 is 2.60 bits per heavy atom. The van der Waals surface area contributed by atoms with Gasteiger partial charge in [-0.1, -0.05) is 23.7 Å². The first-order chi connectivity index (χ1) is 6.75. The van der Waals surface area contributed by atoms with Crippen LogP contribution in [-0.4, -0.2) is 10.2 Å². The lowest BCUT2D eigenvalue weighted by atomic mass is 10.1. The molecule has 0 saturated heterocycles. The maximum Gasteiger partial charge on any atom is 0.264 e. The molecule has 0 aliphatic heterocycles. The minimum Gasteiger partial charge on any atom is -0.268 e. The van der Waals surface area contributed by atoms with Crippen LogP contribution in [0.5, 0.6) is 0 Å². The normalized spacial score (nSPS) is 9.40. The average molecular weight is 288 g/mol. The van der Waals surface area contributed by atoms with Gasteiger partial charge in [-0.3, -0.25) is 4.79 Å². The topological polar surface area (TPSA) is 45.8 Å². The van der Waals surface area contributed by atoms with Crippen LogP contribution in [0.2, 0.25) is 5.02 Å². The molecule has 0 aliphatic carbocycles. The largest absolute Gasteiger partial charge is 0.268 e. The Balaban J connectivity index is 0.00000112. The summed E-state index contributed by atoms with van der Waals surface area (Å²) in [6.45, 7) is 0. The van der Waals surface area contributed by atoms with Gasteiger partial charge < -0.3 is 0 Å². The third kappa shape index (κ3) is 2.91. The molecule has 78 valence electrons. The molecule has 0 atom stereocenters.